The van der Waals surface area contributed by atoms with Crippen LogP contribution >= 0.6 is 0 Å². The molecule has 1 aromatic carbocycles. The first-order valence-corrected chi connectivity index (χ1v) is 6.02. The van der Waals surface area contributed by atoms with Gasteiger partial charge in [-0.2, -0.15) is 0 Å². The van der Waals surface area contributed by atoms with E-state index in [4.69, 9.17) is 0 Å². The van der Waals surface area contributed by atoms with Gasteiger partial charge < -0.3 is 10.4 Å². The number of aromatic hydroxyl groups is 1. The maximum Gasteiger partial charge on any atom is 0.120 e. The van der Waals surface area contributed by atoms with Gasteiger partial charge in [0.05, 0.1) is 6.04 Å². The second-order valence-corrected chi connectivity index (χ2v) is 4.52. The number of rotatable bonds is 3. The summed E-state index contributed by atoms with van der Waals surface area (Å²) in [6, 6.07) is 5.04. The number of phenolic OH excluding ortho intramolecular Hbond substituents is 1. The minimum Gasteiger partial charge on any atom is -0.508 e. The molecule has 17 heavy (non-hydrogen) atoms. The van der Waals surface area contributed by atoms with Gasteiger partial charge in [0.2, 0.25) is 0 Å². The minimum absolute atomic E-state index is 0.191. The molecule has 1 heterocycles. The predicted molar refractivity (Wildman–Crippen MR) is 66.0 cm³/mol. The van der Waals surface area contributed by atoms with Crippen molar-refractivity contribution in [1.29, 1.82) is 0 Å². The van der Waals surface area contributed by atoms with E-state index in [1.54, 1.807) is 6.07 Å². The number of piperazine rings is 1. The summed E-state index contributed by atoms with van der Waals surface area (Å²) in [5, 5.41) is 13.1. The highest BCUT2D eigenvalue weighted by Crippen LogP contribution is 2.30. The Hall–Kier alpha value is -1.13. The molecule has 0 spiro atoms. The average Bonchev–Trinajstić information content (AvgIpc) is 2.36. The summed E-state index contributed by atoms with van der Waals surface area (Å²) in [5.74, 6) is 0.191. The molecule has 1 atom stereocenters. The first kappa shape index (κ1) is 12.3. The Morgan fingerprint density at radius 2 is 2.12 bits per heavy atom. The molecule has 0 saturated carbocycles. The first-order valence-electron chi connectivity index (χ1n) is 6.02. The number of halogens is 1. The molecule has 0 unspecified atom stereocenters. The van der Waals surface area contributed by atoms with Crippen LogP contribution in [0.15, 0.2) is 18.2 Å². The average molecular weight is 238 g/mol. The van der Waals surface area contributed by atoms with E-state index < -0.39 is 6.67 Å². The van der Waals surface area contributed by atoms with Gasteiger partial charge in [-0.15, -0.1) is 0 Å². The number of benzene rings is 1. The summed E-state index contributed by atoms with van der Waals surface area (Å²) in [5.41, 5.74) is 1.75. The summed E-state index contributed by atoms with van der Waals surface area (Å²) in [6.45, 7) is 4.89. The molecule has 0 amide bonds. The molecular weight excluding hydrogens is 219 g/mol. The lowest BCUT2D eigenvalue weighted by Gasteiger charge is -2.34. The molecule has 2 rings (SSSR count). The second-order valence-electron chi connectivity index (χ2n) is 4.52. The van der Waals surface area contributed by atoms with Gasteiger partial charge in [0.1, 0.15) is 12.4 Å². The predicted octanol–water partition coefficient (Wildman–Crippen LogP) is 1.62. The van der Waals surface area contributed by atoms with Crippen LogP contribution < -0.4 is 5.32 Å². The highest BCUT2D eigenvalue weighted by Gasteiger charge is 2.24. The lowest BCUT2D eigenvalue weighted by Crippen LogP contribution is -2.45. The van der Waals surface area contributed by atoms with Crippen LogP contribution in [0.1, 0.15) is 17.2 Å². The SMILES string of the molecule is Cc1ccc(O)c([C@@H](CF)N2CCNCC2)c1. The van der Waals surface area contributed by atoms with E-state index in [1.807, 2.05) is 19.1 Å². The molecule has 1 aromatic rings. The zero-order valence-electron chi connectivity index (χ0n) is 10.1. The van der Waals surface area contributed by atoms with Crippen LogP contribution in [0.3, 0.4) is 0 Å². The van der Waals surface area contributed by atoms with Crippen molar-refractivity contribution in [2.75, 3.05) is 32.9 Å². The summed E-state index contributed by atoms with van der Waals surface area (Å²) >= 11 is 0. The highest BCUT2D eigenvalue weighted by molar-refractivity contribution is 5.38. The zero-order valence-corrected chi connectivity index (χ0v) is 10.1. The van der Waals surface area contributed by atoms with Crippen molar-refractivity contribution in [2.45, 2.75) is 13.0 Å². The summed E-state index contributed by atoms with van der Waals surface area (Å²) in [6.07, 6.45) is 0. The molecule has 0 aromatic heterocycles. The molecule has 1 saturated heterocycles. The number of aryl methyl sites for hydroxylation is 1. The molecule has 2 N–H and O–H groups in total. The molecule has 0 aliphatic carbocycles. The molecule has 0 bridgehead atoms. The van der Waals surface area contributed by atoms with Crippen molar-refractivity contribution >= 4 is 0 Å². The molecule has 4 heteroatoms. The monoisotopic (exact) mass is 238 g/mol. The van der Waals surface area contributed by atoms with Crippen LogP contribution in [0.2, 0.25) is 0 Å². The molecule has 1 fully saturated rings. The maximum atomic E-state index is 13.3. The van der Waals surface area contributed by atoms with Crippen molar-refractivity contribution in [3.8, 4) is 5.75 Å². The fourth-order valence-electron chi connectivity index (χ4n) is 2.31. The Kier molecular flexibility index (Phi) is 3.97. The van der Waals surface area contributed by atoms with Gasteiger partial charge in [0.25, 0.3) is 0 Å². The molecule has 94 valence electrons. The largest absolute Gasteiger partial charge is 0.508 e. The van der Waals surface area contributed by atoms with E-state index in [0.717, 1.165) is 31.7 Å². The molecule has 0 radical (unpaired) electrons. The van der Waals surface area contributed by atoms with Crippen molar-refractivity contribution in [3.63, 3.8) is 0 Å². The molecule has 1 aliphatic heterocycles. The van der Waals surface area contributed by atoms with Gasteiger partial charge in [-0.3, -0.25) is 4.90 Å². The van der Waals surface area contributed by atoms with Crippen LogP contribution in [0, 0.1) is 6.92 Å². The Bertz CT molecular complexity index is 378. The van der Waals surface area contributed by atoms with Gasteiger partial charge in [-0.05, 0) is 13.0 Å². The van der Waals surface area contributed by atoms with Crippen LogP contribution in [-0.2, 0) is 0 Å². The number of hydrogen-bond acceptors (Lipinski definition) is 3. The van der Waals surface area contributed by atoms with Crippen LogP contribution in [0.4, 0.5) is 4.39 Å². The second kappa shape index (κ2) is 5.47. The standard InChI is InChI=1S/C13H19FN2O/c1-10-2-3-13(17)11(8-10)12(9-14)16-6-4-15-5-7-16/h2-3,8,12,15,17H,4-7,9H2,1H3/t12-/m1/s1. The lowest BCUT2D eigenvalue weighted by molar-refractivity contribution is 0.145. The maximum absolute atomic E-state index is 13.3. The highest BCUT2D eigenvalue weighted by atomic mass is 19.1. The number of nitrogens with zero attached hydrogens (tertiary/aromatic N) is 1. The third-order valence-electron chi connectivity index (χ3n) is 3.28. The fourth-order valence-corrected chi connectivity index (χ4v) is 2.31. The van der Waals surface area contributed by atoms with E-state index in [9.17, 15) is 9.50 Å². The topological polar surface area (TPSA) is 35.5 Å². The van der Waals surface area contributed by atoms with Gasteiger partial charge >= 0.3 is 0 Å². The summed E-state index contributed by atoms with van der Waals surface area (Å²) in [4.78, 5) is 2.09. The van der Waals surface area contributed by atoms with Gasteiger partial charge in [0, 0.05) is 31.7 Å². The Balaban J connectivity index is 2.24. The van der Waals surface area contributed by atoms with Gasteiger partial charge in [-0.1, -0.05) is 17.7 Å². The first-order chi connectivity index (χ1) is 8.22. The number of phenols is 1. The molecular formula is C13H19FN2O. The van der Waals surface area contributed by atoms with Crippen molar-refractivity contribution in [3.05, 3.63) is 29.3 Å². The van der Waals surface area contributed by atoms with Crippen LogP contribution in [-0.4, -0.2) is 42.9 Å². The molecule has 3 nitrogen and oxygen atoms in total. The van der Waals surface area contributed by atoms with Gasteiger partial charge in [0.15, 0.2) is 0 Å². The number of alkyl halides is 1. The van der Waals surface area contributed by atoms with Crippen LogP contribution in [0.25, 0.3) is 0 Å². The van der Waals surface area contributed by atoms with E-state index in [0.29, 0.717) is 5.56 Å². The Labute approximate surface area is 101 Å². The zero-order chi connectivity index (χ0) is 12.3. The van der Waals surface area contributed by atoms with E-state index >= 15 is 0 Å². The third kappa shape index (κ3) is 2.76. The van der Waals surface area contributed by atoms with Crippen molar-refractivity contribution in [1.82, 2.24) is 10.2 Å². The third-order valence-corrected chi connectivity index (χ3v) is 3.28. The number of nitrogens with one attached hydrogen (secondary N) is 1. The smallest absolute Gasteiger partial charge is 0.120 e. The van der Waals surface area contributed by atoms with E-state index in [1.165, 1.54) is 0 Å². The van der Waals surface area contributed by atoms with E-state index in [-0.39, 0.29) is 11.8 Å². The Morgan fingerprint density at radius 3 is 2.76 bits per heavy atom. The normalized spacial score (nSPS) is 19.2. The van der Waals surface area contributed by atoms with Crippen molar-refractivity contribution < 1.29 is 9.50 Å². The lowest BCUT2D eigenvalue weighted by atomic mass is 10.0. The fraction of sp³-hybridized carbons (Fsp3) is 0.538. The van der Waals surface area contributed by atoms with Gasteiger partial charge in [-0.25, -0.2) is 4.39 Å². The van der Waals surface area contributed by atoms with E-state index in [2.05, 4.69) is 10.2 Å². The Morgan fingerprint density at radius 1 is 1.41 bits per heavy atom. The van der Waals surface area contributed by atoms with Crippen LogP contribution in [0.5, 0.6) is 5.75 Å². The quantitative estimate of drug-likeness (QED) is 0.840. The minimum atomic E-state index is -0.461. The summed E-state index contributed by atoms with van der Waals surface area (Å²) in [7, 11) is 0. The molecule has 1 aliphatic rings. The van der Waals surface area contributed by atoms with Crippen molar-refractivity contribution in [2.24, 2.45) is 0 Å². The number of hydrogen-bond donors (Lipinski definition) is 2. The summed E-state index contributed by atoms with van der Waals surface area (Å²) < 4.78 is 13.3.